The Kier molecular flexibility index (Phi) is 5.96. The van der Waals surface area contributed by atoms with E-state index >= 15 is 0 Å². The van der Waals surface area contributed by atoms with Crippen LogP contribution in [-0.2, 0) is 0 Å². The van der Waals surface area contributed by atoms with Crippen molar-refractivity contribution < 1.29 is 0 Å². The monoisotopic (exact) mass is 298 g/mol. The van der Waals surface area contributed by atoms with E-state index in [4.69, 9.17) is 0 Å². The van der Waals surface area contributed by atoms with Gasteiger partial charge in [0.2, 0.25) is 0 Å². The Balaban J connectivity index is 2.99. The minimum Gasteiger partial charge on any atom is -0.353 e. The zero-order valence-electron chi connectivity index (χ0n) is 11.3. The number of rotatable bonds is 6. The van der Waals surface area contributed by atoms with Crippen molar-refractivity contribution in [1.82, 2.24) is 4.98 Å². The topological polar surface area (TPSA) is 16.1 Å². The first kappa shape index (κ1) is 14.5. The van der Waals surface area contributed by atoms with Gasteiger partial charge in [-0.1, -0.05) is 20.3 Å². The lowest BCUT2D eigenvalue weighted by Crippen LogP contribution is -2.34. The van der Waals surface area contributed by atoms with Crippen LogP contribution >= 0.6 is 15.9 Å². The molecule has 0 aliphatic rings. The maximum Gasteiger partial charge on any atom is 0.143 e. The number of nitrogens with zero attached hydrogens (tertiary/aromatic N) is 2. The van der Waals surface area contributed by atoms with Crippen LogP contribution in [0.2, 0.25) is 0 Å². The van der Waals surface area contributed by atoms with Crippen molar-refractivity contribution in [1.29, 1.82) is 0 Å². The van der Waals surface area contributed by atoms with Gasteiger partial charge in [-0.2, -0.15) is 0 Å². The van der Waals surface area contributed by atoms with Crippen molar-refractivity contribution in [3.8, 4) is 0 Å². The van der Waals surface area contributed by atoms with Gasteiger partial charge in [-0.3, -0.25) is 0 Å². The van der Waals surface area contributed by atoms with Crippen LogP contribution in [0.1, 0.15) is 45.6 Å². The molecule has 1 aromatic rings. The molecule has 17 heavy (non-hydrogen) atoms. The third-order valence-electron chi connectivity index (χ3n) is 3.21. The lowest BCUT2D eigenvalue weighted by molar-refractivity contribution is 0.588. The van der Waals surface area contributed by atoms with Gasteiger partial charge >= 0.3 is 0 Å². The maximum absolute atomic E-state index is 4.54. The van der Waals surface area contributed by atoms with Crippen molar-refractivity contribution in [3.63, 3.8) is 0 Å². The molecule has 0 N–H and O–H groups in total. The average molecular weight is 299 g/mol. The van der Waals surface area contributed by atoms with E-state index in [1.165, 1.54) is 18.4 Å². The number of anilines is 1. The summed E-state index contributed by atoms with van der Waals surface area (Å²) in [6, 6.07) is 2.58. The molecule has 0 radical (unpaired) electrons. The molecule has 1 heterocycles. The third-order valence-corrected chi connectivity index (χ3v) is 4.19. The number of pyridine rings is 1. The molecule has 3 heteroatoms. The summed E-state index contributed by atoms with van der Waals surface area (Å²) < 4.78 is 1.14. The van der Waals surface area contributed by atoms with Crippen molar-refractivity contribution in [2.24, 2.45) is 0 Å². The van der Waals surface area contributed by atoms with Crippen LogP contribution in [0.4, 0.5) is 5.82 Å². The predicted molar refractivity (Wildman–Crippen MR) is 78.7 cm³/mol. The van der Waals surface area contributed by atoms with E-state index in [2.05, 4.69) is 53.5 Å². The summed E-state index contributed by atoms with van der Waals surface area (Å²) in [5.74, 6) is 1.09. The highest BCUT2D eigenvalue weighted by Gasteiger charge is 2.17. The predicted octanol–water partition coefficient (Wildman–Crippen LogP) is 4.56. The number of unbranched alkanes of at least 4 members (excludes halogenated alkanes) is 1. The second kappa shape index (κ2) is 7.00. The molecule has 2 nitrogen and oxygen atoms in total. The van der Waals surface area contributed by atoms with E-state index in [1.807, 2.05) is 12.3 Å². The summed E-state index contributed by atoms with van der Waals surface area (Å²) in [7, 11) is 0. The van der Waals surface area contributed by atoms with Gasteiger partial charge in [0, 0.05) is 18.8 Å². The molecular weight excluding hydrogens is 276 g/mol. The van der Waals surface area contributed by atoms with E-state index in [-0.39, 0.29) is 0 Å². The molecule has 96 valence electrons. The first-order valence-corrected chi connectivity index (χ1v) is 7.28. The number of hydrogen-bond donors (Lipinski definition) is 0. The van der Waals surface area contributed by atoms with Gasteiger partial charge in [0.25, 0.3) is 0 Å². The molecule has 0 aliphatic carbocycles. The zero-order chi connectivity index (χ0) is 12.8. The molecule has 0 bridgehead atoms. The SMILES string of the molecule is CCCCN(c1nccc(C)c1Br)C(C)CC. The molecule has 1 aromatic heterocycles. The molecule has 0 saturated heterocycles. The standard InChI is InChI=1S/C14H23BrN2/c1-5-7-10-17(12(4)6-2)14-13(15)11(3)8-9-16-14/h8-9,12H,5-7,10H2,1-4H3. The van der Waals surface area contributed by atoms with E-state index in [0.717, 1.165) is 23.3 Å². The molecule has 0 fully saturated rings. The smallest absolute Gasteiger partial charge is 0.143 e. The fraction of sp³-hybridized carbons (Fsp3) is 0.643. The summed E-state index contributed by atoms with van der Waals surface area (Å²) in [5, 5.41) is 0. The molecule has 0 spiro atoms. The van der Waals surface area contributed by atoms with E-state index < -0.39 is 0 Å². The van der Waals surface area contributed by atoms with Crippen LogP contribution in [0.5, 0.6) is 0 Å². The average Bonchev–Trinajstić information content (AvgIpc) is 2.34. The fourth-order valence-corrected chi connectivity index (χ4v) is 2.27. The Morgan fingerprint density at radius 3 is 2.71 bits per heavy atom. The van der Waals surface area contributed by atoms with Crippen LogP contribution < -0.4 is 4.90 Å². The van der Waals surface area contributed by atoms with Crippen LogP contribution in [0.25, 0.3) is 0 Å². The minimum atomic E-state index is 0.534. The molecule has 0 aromatic carbocycles. The lowest BCUT2D eigenvalue weighted by Gasteiger charge is -2.30. The van der Waals surface area contributed by atoms with Crippen LogP contribution in [0, 0.1) is 6.92 Å². The summed E-state index contributed by atoms with van der Waals surface area (Å²) >= 11 is 3.67. The normalized spacial score (nSPS) is 12.5. The van der Waals surface area contributed by atoms with E-state index in [0.29, 0.717) is 6.04 Å². The van der Waals surface area contributed by atoms with E-state index in [9.17, 15) is 0 Å². The number of aryl methyl sites for hydroxylation is 1. The Labute approximate surface area is 114 Å². The number of halogens is 1. The van der Waals surface area contributed by atoms with Crippen LogP contribution in [-0.4, -0.2) is 17.6 Å². The third kappa shape index (κ3) is 3.70. The first-order valence-electron chi connectivity index (χ1n) is 6.49. The molecular formula is C14H23BrN2. The molecule has 0 aliphatic heterocycles. The lowest BCUT2D eigenvalue weighted by atomic mass is 10.2. The number of hydrogen-bond acceptors (Lipinski definition) is 2. The van der Waals surface area contributed by atoms with Gasteiger partial charge in [-0.25, -0.2) is 4.98 Å². The van der Waals surface area contributed by atoms with Crippen molar-refractivity contribution in [2.45, 2.75) is 53.0 Å². The Hall–Kier alpha value is -0.570. The molecule has 1 unspecified atom stereocenters. The molecule has 0 amide bonds. The summed E-state index contributed by atoms with van der Waals surface area (Å²) in [5.41, 5.74) is 1.25. The zero-order valence-corrected chi connectivity index (χ0v) is 12.9. The largest absolute Gasteiger partial charge is 0.353 e. The second-order valence-electron chi connectivity index (χ2n) is 4.57. The van der Waals surface area contributed by atoms with E-state index in [1.54, 1.807) is 0 Å². The minimum absolute atomic E-state index is 0.534. The number of aromatic nitrogens is 1. The molecule has 0 saturated carbocycles. The second-order valence-corrected chi connectivity index (χ2v) is 5.36. The highest BCUT2D eigenvalue weighted by atomic mass is 79.9. The maximum atomic E-state index is 4.54. The highest BCUT2D eigenvalue weighted by molar-refractivity contribution is 9.10. The van der Waals surface area contributed by atoms with Gasteiger partial charge in [-0.15, -0.1) is 0 Å². The highest BCUT2D eigenvalue weighted by Crippen LogP contribution is 2.29. The Morgan fingerprint density at radius 2 is 2.12 bits per heavy atom. The summed E-state index contributed by atoms with van der Waals surface area (Å²) in [4.78, 5) is 6.96. The quantitative estimate of drug-likeness (QED) is 0.765. The van der Waals surface area contributed by atoms with Crippen LogP contribution in [0.3, 0.4) is 0 Å². The Bertz CT molecular complexity index is 352. The van der Waals surface area contributed by atoms with Gasteiger partial charge in [0.1, 0.15) is 5.82 Å². The van der Waals surface area contributed by atoms with Gasteiger partial charge in [0.05, 0.1) is 4.47 Å². The van der Waals surface area contributed by atoms with Gasteiger partial charge in [-0.05, 0) is 54.2 Å². The first-order chi connectivity index (χ1) is 8.11. The fourth-order valence-electron chi connectivity index (χ4n) is 1.81. The Morgan fingerprint density at radius 1 is 1.41 bits per heavy atom. The van der Waals surface area contributed by atoms with Crippen molar-refractivity contribution in [3.05, 3.63) is 22.3 Å². The van der Waals surface area contributed by atoms with Crippen molar-refractivity contribution >= 4 is 21.7 Å². The molecule has 1 atom stereocenters. The van der Waals surface area contributed by atoms with Crippen LogP contribution in [0.15, 0.2) is 16.7 Å². The van der Waals surface area contributed by atoms with Gasteiger partial charge < -0.3 is 4.90 Å². The van der Waals surface area contributed by atoms with Crippen molar-refractivity contribution in [2.75, 3.05) is 11.4 Å². The summed E-state index contributed by atoms with van der Waals surface area (Å²) in [6.07, 6.45) is 5.48. The summed E-state index contributed by atoms with van der Waals surface area (Å²) in [6.45, 7) is 9.93. The van der Waals surface area contributed by atoms with Gasteiger partial charge in [0.15, 0.2) is 0 Å². The molecule has 1 rings (SSSR count).